The van der Waals surface area contributed by atoms with Crippen LogP contribution in [-0.4, -0.2) is 15.5 Å². The number of hydrogen-bond acceptors (Lipinski definition) is 2. The number of hydrogen-bond donors (Lipinski definition) is 2. The zero-order valence-electron chi connectivity index (χ0n) is 14.6. The number of imidazole rings is 1. The van der Waals surface area contributed by atoms with E-state index < -0.39 is 0 Å². The number of nitrogens with zero attached hydrogens (tertiary/aromatic N) is 3. The van der Waals surface area contributed by atoms with Crippen molar-refractivity contribution in [2.24, 2.45) is 17.8 Å². The van der Waals surface area contributed by atoms with Crippen LogP contribution >= 0.6 is 0 Å². The highest BCUT2D eigenvalue weighted by Gasteiger charge is 2.07. The summed E-state index contributed by atoms with van der Waals surface area (Å²) in [6.07, 6.45) is 0. The molecule has 0 saturated heterocycles. The van der Waals surface area contributed by atoms with Crippen LogP contribution in [0.5, 0.6) is 0 Å². The Morgan fingerprint density at radius 2 is 1.79 bits per heavy atom. The quantitative estimate of drug-likeness (QED) is 0.573. The molecule has 0 fully saturated rings. The van der Waals surface area contributed by atoms with Crippen molar-refractivity contribution in [2.45, 2.75) is 27.3 Å². The van der Waals surface area contributed by atoms with Crippen molar-refractivity contribution in [3.63, 3.8) is 0 Å². The first-order valence-electron chi connectivity index (χ1n) is 7.99. The fraction of sp³-hybridized carbons (Fsp3) is 0.263. The molecule has 0 radical (unpaired) electrons. The van der Waals surface area contributed by atoms with Gasteiger partial charge in [-0.05, 0) is 61.7 Å². The highest BCUT2D eigenvalue weighted by Crippen LogP contribution is 2.17. The summed E-state index contributed by atoms with van der Waals surface area (Å²) in [5.74, 6) is 1.28. The minimum atomic E-state index is 0.392. The fourth-order valence-electron chi connectivity index (χ4n) is 2.89. The largest absolute Gasteiger partial charge is 0.370 e. The van der Waals surface area contributed by atoms with Gasteiger partial charge in [0.1, 0.15) is 12.4 Å². The number of fused-ring (bicyclic) bond motifs is 1. The second kappa shape index (κ2) is 6.35. The van der Waals surface area contributed by atoms with E-state index in [2.05, 4.69) is 64.9 Å². The molecule has 0 amide bonds. The van der Waals surface area contributed by atoms with Gasteiger partial charge in [-0.3, -0.25) is 0 Å². The number of nitrogens with two attached hydrogens (primary N) is 1. The van der Waals surface area contributed by atoms with Crippen LogP contribution < -0.4 is 11.1 Å². The number of aliphatic imine (C=N–C) groups is 1. The van der Waals surface area contributed by atoms with E-state index in [9.17, 15) is 0 Å². The van der Waals surface area contributed by atoms with E-state index in [1.807, 2.05) is 19.2 Å². The maximum atomic E-state index is 6.02. The van der Waals surface area contributed by atoms with E-state index in [4.69, 9.17) is 5.73 Å². The van der Waals surface area contributed by atoms with E-state index >= 15 is 0 Å². The molecule has 0 aliphatic heterocycles. The zero-order valence-corrected chi connectivity index (χ0v) is 14.6. The number of aryl methyl sites for hydroxylation is 4. The molecule has 1 aromatic heterocycles. The van der Waals surface area contributed by atoms with E-state index in [1.165, 1.54) is 16.7 Å². The third kappa shape index (κ3) is 3.40. The lowest BCUT2D eigenvalue weighted by molar-refractivity contribution is 0.812. The molecule has 5 heteroatoms. The zero-order chi connectivity index (χ0) is 17.3. The van der Waals surface area contributed by atoms with Gasteiger partial charge >= 0.3 is 0 Å². The van der Waals surface area contributed by atoms with E-state index in [0.717, 1.165) is 22.5 Å². The number of benzene rings is 2. The molecule has 0 aliphatic carbocycles. The van der Waals surface area contributed by atoms with Crippen molar-refractivity contribution in [3.05, 3.63) is 58.9 Å². The minimum Gasteiger partial charge on any atom is -0.370 e. The Morgan fingerprint density at radius 3 is 2.50 bits per heavy atom. The molecule has 3 rings (SSSR count). The Balaban J connectivity index is 1.78. The first kappa shape index (κ1) is 16.1. The maximum absolute atomic E-state index is 6.02. The molecule has 1 heterocycles. The molecule has 0 aliphatic rings. The van der Waals surface area contributed by atoms with Gasteiger partial charge in [-0.2, -0.15) is 0 Å². The number of rotatable bonds is 3. The van der Waals surface area contributed by atoms with E-state index in [0.29, 0.717) is 12.5 Å². The second-order valence-electron chi connectivity index (χ2n) is 6.28. The van der Waals surface area contributed by atoms with Gasteiger partial charge in [-0.15, -0.1) is 0 Å². The smallest absolute Gasteiger partial charge is 0.193 e. The van der Waals surface area contributed by atoms with Gasteiger partial charge in [0.25, 0.3) is 0 Å². The lowest BCUT2D eigenvalue weighted by atomic mass is 10.1. The van der Waals surface area contributed by atoms with Crippen molar-refractivity contribution >= 4 is 22.7 Å². The standard InChI is InChI=1S/C19H23N5/c1-12-5-6-17-16(10-12)23-18(24(17)4)11-21-19(20)22-15-8-13(2)7-14(3)9-15/h5-10H,11H2,1-4H3,(H3,20,21,22). The first-order chi connectivity index (χ1) is 11.4. The van der Waals surface area contributed by atoms with Crippen LogP contribution in [0, 0.1) is 20.8 Å². The van der Waals surface area contributed by atoms with Gasteiger partial charge < -0.3 is 15.6 Å². The van der Waals surface area contributed by atoms with Crippen molar-refractivity contribution < 1.29 is 0 Å². The maximum Gasteiger partial charge on any atom is 0.193 e. The molecule has 0 saturated carbocycles. The van der Waals surface area contributed by atoms with Gasteiger partial charge in [-0.1, -0.05) is 12.1 Å². The SMILES string of the molecule is Cc1cc(C)cc(NC(N)=NCc2nc3cc(C)ccc3n2C)c1. The predicted octanol–water partition coefficient (Wildman–Crippen LogP) is 3.43. The van der Waals surface area contributed by atoms with Gasteiger partial charge in [0.05, 0.1) is 11.0 Å². The van der Waals surface area contributed by atoms with Crippen LogP contribution in [0.2, 0.25) is 0 Å². The van der Waals surface area contributed by atoms with Crippen molar-refractivity contribution in [1.29, 1.82) is 0 Å². The molecule has 3 N–H and O–H groups in total. The summed E-state index contributed by atoms with van der Waals surface area (Å²) in [5, 5.41) is 3.15. The van der Waals surface area contributed by atoms with Crippen molar-refractivity contribution in [3.8, 4) is 0 Å². The molecule has 0 atom stereocenters. The molecule has 3 aromatic rings. The molecule has 2 aromatic carbocycles. The number of nitrogens with one attached hydrogen (secondary N) is 1. The lowest BCUT2D eigenvalue weighted by Crippen LogP contribution is -2.23. The Bertz CT molecular complexity index is 901. The molecular formula is C19H23N5. The molecule has 0 unspecified atom stereocenters. The number of guanidine groups is 1. The van der Waals surface area contributed by atoms with E-state index in [-0.39, 0.29) is 0 Å². The van der Waals surface area contributed by atoms with Crippen LogP contribution in [0.3, 0.4) is 0 Å². The molecular weight excluding hydrogens is 298 g/mol. The summed E-state index contributed by atoms with van der Waals surface area (Å²) in [7, 11) is 2.00. The van der Waals surface area contributed by atoms with Crippen LogP contribution in [0.4, 0.5) is 5.69 Å². The van der Waals surface area contributed by atoms with E-state index in [1.54, 1.807) is 0 Å². The number of aromatic nitrogens is 2. The molecule has 124 valence electrons. The summed E-state index contributed by atoms with van der Waals surface area (Å²) in [6.45, 7) is 6.63. The second-order valence-corrected chi connectivity index (χ2v) is 6.28. The van der Waals surface area contributed by atoms with Crippen molar-refractivity contribution in [2.75, 3.05) is 5.32 Å². The third-order valence-corrected chi connectivity index (χ3v) is 4.01. The highest BCUT2D eigenvalue weighted by atomic mass is 15.1. The summed E-state index contributed by atoms with van der Waals surface area (Å²) in [6, 6.07) is 12.5. The normalized spacial score (nSPS) is 11.9. The average molecular weight is 321 g/mol. The number of anilines is 1. The molecule has 24 heavy (non-hydrogen) atoms. The fourth-order valence-corrected chi connectivity index (χ4v) is 2.89. The Morgan fingerprint density at radius 1 is 1.08 bits per heavy atom. The topological polar surface area (TPSA) is 68.2 Å². The van der Waals surface area contributed by atoms with Crippen LogP contribution in [-0.2, 0) is 13.6 Å². The Labute approximate surface area is 142 Å². The van der Waals surface area contributed by atoms with Crippen LogP contribution in [0.1, 0.15) is 22.5 Å². The highest BCUT2D eigenvalue weighted by molar-refractivity contribution is 5.92. The summed E-state index contributed by atoms with van der Waals surface area (Å²) >= 11 is 0. The summed E-state index contributed by atoms with van der Waals surface area (Å²) in [4.78, 5) is 9.08. The Kier molecular flexibility index (Phi) is 4.25. The molecule has 0 spiro atoms. The van der Waals surface area contributed by atoms with Crippen molar-refractivity contribution in [1.82, 2.24) is 9.55 Å². The summed E-state index contributed by atoms with van der Waals surface area (Å²) in [5.41, 5.74) is 12.7. The monoisotopic (exact) mass is 321 g/mol. The van der Waals surface area contributed by atoms with Crippen LogP contribution in [0.25, 0.3) is 11.0 Å². The third-order valence-electron chi connectivity index (χ3n) is 4.01. The van der Waals surface area contributed by atoms with Gasteiger partial charge in [0.2, 0.25) is 0 Å². The van der Waals surface area contributed by atoms with Crippen LogP contribution in [0.15, 0.2) is 41.4 Å². The lowest BCUT2D eigenvalue weighted by Gasteiger charge is -2.08. The molecule has 5 nitrogen and oxygen atoms in total. The van der Waals surface area contributed by atoms with Gasteiger partial charge in [0.15, 0.2) is 5.96 Å². The predicted molar refractivity (Wildman–Crippen MR) is 100 cm³/mol. The Hall–Kier alpha value is -2.82. The average Bonchev–Trinajstić information content (AvgIpc) is 2.79. The summed E-state index contributed by atoms with van der Waals surface area (Å²) < 4.78 is 2.06. The minimum absolute atomic E-state index is 0.392. The first-order valence-corrected chi connectivity index (χ1v) is 7.99. The molecule has 0 bridgehead atoms. The van der Waals surface area contributed by atoms with Gasteiger partial charge in [0, 0.05) is 12.7 Å². The van der Waals surface area contributed by atoms with Gasteiger partial charge in [-0.25, -0.2) is 9.98 Å².